The third-order valence-corrected chi connectivity index (χ3v) is 13.1. The van der Waals surface area contributed by atoms with E-state index in [1.165, 1.54) is 17.7 Å². The van der Waals surface area contributed by atoms with Crippen molar-refractivity contribution >= 4 is 14.0 Å². The number of carbonyl (C=O) groups is 1. The molecule has 44 heavy (non-hydrogen) atoms. The van der Waals surface area contributed by atoms with Crippen LogP contribution in [0.4, 0.5) is 0 Å². The lowest BCUT2D eigenvalue weighted by molar-refractivity contribution is -0.158. The molecule has 1 aliphatic rings. The topological polar surface area (TPSA) is 109 Å². The monoisotopic (exact) mass is 618 g/mol. The van der Waals surface area contributed by atoms with Crippen LogP contribution in [0.3, 0.4) is 0 Å². The number of carbonyl (C=O) groups excluding carboxylic acids is 1. The van der Waals surface area contributed by atoms with Gasteiger partial charge in [0.25, 0.3) is 5.56 Å². The highest BCUT2D eigenvalue weighted by molar-refractivity contribution is 6.87. The Morgan fingerprint density at radius 1 is 0.977 bits per heavy atom. The summed E-state index contributed by atoms with van der Waals surface area (Å²) in [6.45, 7) is 9.84. The molecular formula is C34H42N2O7Si. The molecule has 234 valence electrons. The average molecular weight is 619 g/mol. The minimum absolute atomic E-state index is 0.0126. The number of aryl methyl sites for hydroxylation is 1. The largest absolute Gasteiger partial charge is 0.455 e. The summed E-state index contributed by atoms with van der Waals surface area (Å²) >= 11 is 0. The van der Waals surface area contributed by atoms with Gasteiger partial charge in [0, 0.05) is 18.7 Å². The maximum atomic E-state index is 13.1. The first kappa shape index (κ1) is 33.1. The van der Waals surface area contributed by atoms with Crippen LogP contribution < -0.4 is 11.2 Å². The van der Waals surface area contributed by atoms with Gasteiger partial charge in [0.15, 0.2) is 17.9 Å². The van der Waals surface area contributed by atoms with Crippen LogP contribution >= 0.6 is 0 Å². The summed E-state index contributed by atoms with van der Waals surface area (Å²) in [5.74, 6) is 2.90. The van der Waals surface area contributed by atoms with E-state index in [2.05, 4.69) is 37.2 Å². The van der Waals surface area contributed by atoms with Crippen LogP contribution in [0.5, 0.6) is 0 Å². The van der Waals surface area contributed by atoms with Crippen LogP contribution in [0.1, 0.15) is 50.6 Å². The van der Waals surface area contributed by atoms with E-state index >= 15 is 0 Å². The molecule has 3 aromatic rings. The number of rotatable bonds is 12. The fourth-order valence-electron chi connectivity index (χ4n) is 5.46. The third kappa shape index (κ3) is 7.66. The van der Waals surface area contributed by atoms with Crippen molar-refractivity contribution in [1.82, 2.24) is 9.55 Å². The molecule has 9 nitrogen and oxygen atoms in total. The van der Waals surface area contributed by atoms with E-state index in [1.807, 2.05) is 60.7 Å². The van der Waals surface area contributed by atoms with Gasteiger partial charge >= 0.3 is 11.7 Å². The normalized spacial score (nSPS) is 21.4. The number of aromatic nitrogens is 2. The summed E-state index contributed by atoms with van der Waals surface area (Å²) in [4.78, 5) is 40.3. The molecule has 1 aromatic heterocycles. The van der Waals surface area contributed by atoms with E-state index in [0.717, 1.165) is 29.3 Å². The molecule has 0 saturated carbocycles. The highest BCUT2D eigenvalue weighted by Gasteiger charge is 2.59. The summed E-state index contributed by atoms with van der Waals surface area (Å²) in [5.41, 5.74) is 3.20. The second-order valence-corrected chi connectivity index (χ2v) is 16.2. The number of aromatic amines is 1. The third-order valence-electron chi connectivity index (χ3n) is 8.36. The Kier molecular flexibility index (Phi) is 11.2. The minimum Gasteiger partial charge on any atom is -0.455 e. The quantitative estimate of drug-likeness (QED) is 0.175. The number of esters is 1. The van der Waals surface area contributed by atoms with Gasteiger partial charge in [0.05, 0.1) is 19.8 Å². The molecular weight excluding hydrogens is 576 g/mol. The summed E-state index contributed by atoms with van der Waals surface area (Å²) < 4.78 is 26.7. The van der Waals surface area contributed by atoms with Crippen molar-refractivity contribution in [3.05, 3.63) is 104 Å². The Morgan fingerprint density at radius 2 is 1.57 bits per heavy atom. The molecule has 0 radical (unpaired) electrons. The van der Waals surface area contributed by atoms with Gasteiger partial charge in [-0.05, 0) is 36.2 Å². The van der Waals surface area contributed by atoms with Crippen molar-refractivity contribution in [3.8, 4) is 11.5 Å². The van der Waals surface area contributed by atoms with Crippen LogP contribution in [0.15, 0.2) is 76.4 Å². The molecule has 2 heterocycles. The Hall–Kier alpha value is -3.75. The number of nitrogens with zero attached hydrogens (tertiary/aromatic N) is 1. The van der Waals surface area contributed by atoms with Gasteiger partial charge < -0.3 is 18.9 Å². The first-order valence-corrected chi connectivity index (χ1v) is 17.8. The van der Waals surface area contributed by atoms with E-state index in [-0.39, 0.29) is 19.8 Å². The van der Waals surface area contributed by atoms with Crippen molar-refractivity contribution in [2.45, 2.75) is 90.0 Å². The molecule has 4 rings (SSSR count). The van der Waals surface area contributed by atoms with Crippen molar-refractivity contribution < 1.29 is 23.7 Å². The predicted octanol–water partition coefficient (Wildman–Crippen LogP) is 4.90. The molecule has 2 aromatic carbocycles. The zero-order valence-electron chi connectivity index (χ0n) is 26.1. The molecule has 10 heteroatoms. The Morgan fingerprint density at radius 3 is 2.14 bits per heavy atom. The van der Waals surface area contributed by atoms with Crippen molar-refractivity contribution in [2.24, 2.45) is 0 Å². The van der Waals surface area contributed by atoms with Crippen LogP contribution in [0.25, 0.3) is 0 Å². The van der Waals surface area contributed by atoms with Crippen LogP contribution in [0, 0.1) is 18.4 Å². The maximum Gasteiger partial charge on any atom is 0.330 e. The minimum atomic E-state index is -2.01. The summed E-state index contributed by atoms with van der Waals surface area (Å²) in [6, 6.07) is 22.2. The average Bonchev–Trinajstić information content (AvgIpc) is 3.31. The molecule has 1 aliphatic heterocycles. The van der Waals surface area contributed by atoms with E-state index in [0.29, 0.717) is 5.56 Å². The zero-order valence-corrected chi connectivity index (χ0v) is 27.1. The Labute approximate surface area is 259 Å². The van der Waals surface area contributed by atoms with Crippen molar-refractivity contribution in [1.29, 1.82) is 0 Å². The van der Waals surface area contributed by atoms with E-state index in [4.69, 9.17) is 18.9 Å². The van der Waals surface area contributed by atoms with Crippen LogP contribution in [-0.2, 0) is 37.0 Å². The number of benzene rings is 2. The fourth-order valence-corrected chi connectivity index (χ4v) is 7.96. The molecule has 2 unspecified atom stereocenters. The van der Waals surface area contributed by atoms with Gasteiger partial charge in [-0.3, -0.25) is 19.1 Å². The van der Waals surface area contributed by atoms with Gasteiger partial charge in [-0.25, -0.2) is 4.79 Å². The molecule has 0 aliphatic carbocycles. The number of hydrogen-bond acceptors (Lipinski definition) is 7. The van der Waals surface area contributed by atoms with Crippen molar-refractivity contribution in [2.75, 3.05) is 6.61 Å². The molecule has 0 bridgehead atoms. The second kappa shape index (κ2) is 14.8. The maximum absolute atomic E-state index is 13.1. The molecule has 1 fully saturated rings. The lowest BCUT2D eigenvalue weighted by Crippen LogP contribution is -2.49. The number of H-pyrrole nitrogens is 1. The van der Waals surface area contributed by atoms with Gasteiger partial charge in [-0.2, -0.15) is 0 Å². The summed E-state index contributed by atoms with van der Waals surface area (Å²) in [7, 11) is -2.01. The molecule has 0 amide bonds. The van der Waals surface area contributed by atoms with Gasteiger partial charge in [-0.1, -0.05) is 87.4 Å². The first-order chi connectivity index (χ1) is 21.2. The SMILES string of the molecule is CC[Si](C#C[C@]1(COCc2ccccc2)O[C@@H](n2cc(C)c(=O)[nH]c2=O)C(OC(C)=O)C1OCc1ccccc1)(CC)CC. The van der Waals surface area contributed by atoms with Crippen LogP contribution in [0.2, 0.25) is 18.1 Å². The highest BCUT2D eigenvalue weighted by atomic mass is 28.3. The fraction of sp³-hybridized carbons (Fsp3) is 0.441. The van der Waals surface area contributed by atoms with Crippen molar-refractivity contribution in [3.63, 3.8) is 0 Å². The van der Waals surface area contributed by atoms with E-state index < -0.39 is 49.3 Å². The van der Waals surface area contributed by atoms with Crippen LogP contribution in [-0.4, -0.2) is 48.0 Å². The van der Waals surface area contributed by atoms with Gasteiger partial charge in [0.2, 0.25) is 0 Å². The number of nitrogens with one attached hydrogen (secondary N) is 1. The summed E-state index contributed by atoms with van der Waals surface area (Å²) in [5, 5.41) is 0. The number of hydrogen-bond donors (Lipinski definition) is 1. The lowest BCUT2D eigenvalue weighted by Gasteiger charge is -2.31. The molecule has 0 spiro atoms. The van der Waals surface area contributed by atoms with E-state index in [9.17, 15) is 14.4 Å². The Bertz CT molecular complexity index is 1570. The van der Waals surface area contributed by atoms with Gasteiger partial charge in [0.1, 0.15) is 14.2 Å². The standard InChI is InChI=1S/C34H42N2O7Si/c1-6-44(7-2,8-3)20-19-34(24-40-22-27-15-11-9-12-16-27)30(41-23-28-17-13-10-14-18-28)29(42-26(5)37)32(43-34)36-21-25(4)31(38)35-33(36)39/h9-18,21,29-30,32H,6-8,22-24H2,1-5H3,(H,35,38,39)/t29?,30?,32-,34-/m1/s1. The number of ether oxygens (including phenoxy) is 4. The summed E-state index contributed by atoms with van der Waals surface area (Å²) in [6.07, 6.45) is -1.74. The smallest absolute Gasteiger partial charge is 0.330 e. The molecule has 1 saturated heterocycles. The van der Waals surface area contributed by atoms with Gasteiger partial charge in [-0.15, -0.1) is 5.54 Å². The van der Waals surface area contributed by atoms with E-state index in [1.54, 1.807) is 6.92 Å². The molecule has 1 N–H and O–H groups in total. The second-order valence-electron chi connectivity index (χ2n) is 11.2. The Balaban J connectivity index is 1.87. The zero-order chi connectivity index (χ0) is 31.7. The molecule has 4 atom stereocenters. The lowest BCUT2D eigenvalue weighted by atomic mass is 9.96. The predicted molar refractivity (Wildman–Crippen MR) is 171 cm³/mol. The highest BCUT2D eigenvalue weighted by Crippen LogP contribution is 2.41. The first-order valence-electron chi connectivity index (χ1n) is 15.1.